The Kier molecular flexibility index (Phi) is 6.05. The van der Waals surface area contributed by atoms with Crippen molar-refractivity contribution >= 4 is 11.4 Å². The van der Waals surface area contributed by atoms with Crippen LogP contribution in [0.4, 0.5) is 0 Å². The molecule has 0 N–H and O–H groups in total. The Bertz CT molecular complexity index is 995. The van der Waals surface area contributed by atoms with Gasteiger partial charge in [0.05, 0.1) is 14.2 Å². The summed E-state index contributed by atoms with van der Waals surface area (Å²) in [5, 5.41) is 0. The third-order valence-electron chi connectivity index (χ3n) is 6.64. The molecule has 0 aromatic heterocycles. The highest BCUT2D eigenvalue weighted by Gasteiger charge is 2.54. The largest absolute Gasteiger partial charge is 0.493 e. The summed E-state index contributed by atoms with van der Waals surface area (Å²) in [5.74, 6) is 2.64. The van der Waals surface area contributed by atoms with Crippen molar-refractivity contribution < 1.29 is 23.7 Å². The average Bonchev–Trinajstić information content (AvgIpc) is 3.36. The van der Waals surface area contributed by atoms with Crippen molar-refractivity contribution in [2.24, 2.45) is 5.92 Å². The quantitative estimate of drug-likeness (QED) is 0.557. The lowest BCUT2D eigenvalue weighted by atomic mass is 9.92. The summed E-state index contributed by atoms with van der Waals surface area (Å²) in [5.41, 5.74) is 2.32. The van der Waals surface area contributed by atoms with E-state index in [1.807, 2.05) is 42.5 Å². The molecule has 3 unspecified atom stereocenters. The molecule has 31 heavy (non-hydrogen) atoms. The van der Waals surface area contributed by atoms with E-state index in [1.165, 1.54) is 6.42 Å². The van der Waals surface area contributed by atoms with E-state index >= 15 is 0 Å². The molecule has 2 aromatic rings. The van der Waals surface area contributed by atoms with Gasteiger partial charge in [-0.25, -0.2) is 0 Å². The van der Waals surface area contributed by atoms with Crippen molar-refractivity contribution in [3.8, 4) is 17.2 Å². The molecule has 4 rings (SSSR count). The van der Waals surface area contributed by atoms with E-state index in [-0.39, 0.29) is 17.5 Å². The Hall–Kier alpha value is -2.79. The Labute approximate surface area is 184 Å². The first kappa shape index (κ1) is 21.4. The van der Waals surface area contributed by atoms with Gasteiger partial charge in [-0.3, -0.25) is 4.79 Å². The number of ketones is 1. The molecule has 0 saturated heterocycles. The van der Waals surface area contributed by atoms with Crippen LogP contribution in [0.2, 0.25) is 0 Å². The van der Waals surface area contributed by atoms with Crippen LogP contribution < -0.4 is 14.2 Å². The molecule has 2 aromatic carbocycles. The minimum atomic E-state index is -0.203. The number of carbonyl (C=O) groups excluding carboxylic acids is 1. The van der Waals surface area contributed by atoms with Crippen LogP contribution in [-0.4, -0.2) is 38.8 Å². The highest BCUT2D eigenvalue weighted by Crippen LogP contribution is 2.51. The van der Waals surface area contributed by atoms with E-state index in [2.05, 4.69) is 0 Å². The number of hydrogen-bond acceptors (Lipinski definition) is 5. The topological polar surface area (TPSA) is 54.0 Å². The van der Waals surface area contributed by atoms with Gasteiger partial charge in [-0.15, -0.1) is 0 Å². The number of carbonyl (C=O) groups is 1. The van der Waals surface area contributed by atoms with Gasteiger partial charge in [0, 0.05) is 12.7 Å². The molecule has 0 spiro atoms. The molecule has 2 aliphatic carbocycles. The molecule has 5 nitrogen and oxygen atoms in total. The minimum absolute atomic E-state index is 0.0152. The zero-order valence-corrected chi connectivity index (χ0v) is 18.6. The van der Waals surface area contributed by atoms with Gasteiger partial charge in [0.1, 0.15) is 17.5 Å². The Morgan fingerprint density at radius 2 is 1.81 bits per heavy atom. The zero-order chi connectivity index (χ0) is 22.0. The second-order valence-electron chi connectivity index (χ2n) is 8.45. The predicted molar refractivity (Wildman–Crippen MR) is 120 cm³/mol. The van der Waals surface area contributed by atoms with Gasteiger partial charge < -0.3 is 18.9 Å². The third kappa shape index (κ3) is 4.07. The van der Waals surface area contributed by atoms with Crippen molar-refractivity contribution in [3.63, 3.8) is 0 Å². The molecule has 5 heteroatoms. The Morgan fingerprint density at radius 3 is 2.48 bits per heavy atom. The molecule has 0 heterocycles. The van der Waals surface area contributed by atoms with Crippen LogP contribution in [0.15, 0.2) is 48.5 Å². The summed E-state index contributed by atoms with van der Waals surface area (Å²) in [6, 6.07) is 13.6. The third-order valence-corrected chi connectivity index (χ3v) is 6.64. The highest BCUT2D eigenvalue weighted by atomic mass is 16.5. The molecule has 2 aliphatic rings. The van der Waals surface area contributed by atoms with Crippen molar-refractivity contribution in [2.75, 3.05) is 21.3 Å². The molecular weight excluding hydrogens is 392 g/mol. The van der Waals surface area contributed by atoms with E-state index in [0.29, 0.717) is 17.4 Å². The number of allylic oxidation sites excluding steroid dienone is 1. The number of para-hydroxylation sites is 1. The SMILES string of the molecule is COc1ccc(C(=CC(C)=O)c2ccccc2OC2CC3CCC2(OC)C3)cc1OC. The van der Waals surface area contributed by atoms with Crippen LogP contribution >= 0.6 is 0 Å². The molecular formula is C26H30O5. The van der Waals surface area contributed by atoms with Gasteiger partial charge >= 0.3 is 0 Å². The van der Waals surface area contributed by atoms with Crippen molar-refractivity contribution in [1.82, 2.24) is 0 Å². The molecule has 2 bridgehead atoms. The van der Waals surface area contributed by atoms with Gasteiger partial charge in [0.15, 0.2) is 17.3 Å². The second-order valence-corrected chi connectivity index (χ2v) is 8.45. The lowest BCUT2D eigenvalue weighted by molar-refractivity contribution is -0.112. The summed E-state index contributed by atoms with van der Waals surface area (Å²) in [6.45, 7) is 1.56. The van der Waals surface area contributed by atoms with Crippen LogP contribution in [0, 0.1) is 5.92 Å². The van der Waals surface area contributed by atoms with E-state index in [9.17, 15) is 4.79 Å². The number of benzene rings is 2. The van der Waals surface area contributed by atoms with Crippen molar-refractivity contribution in [2.45, 2.75) is 44.3 Å². The first-order valence-corrected chi connectivity index (χ1v) is 10.8. The van der Waals surface area contributed by atoms with Crippen LogP contribution in [-0.2, 0) is 9.53 Å². The van der Waals surface area contributed by atoms with E-state index in [1.54, 1.807) is 34.3 Å². The van der Waals surface area contributed by atoms with Gasteiger partial charge in [0.25, 0.3) is 0 Å². The van der Waals surface area contributed by atoms with Crippen LogP contribution in [0.5, 0.6) is 17.2 Å². The number of methoxy groups -OCH3 is 3. The fraction of sp³-hybridized carbons (Fsp3) is 0.423. The van der Waals surface area contributed by atoms with Crippen molar-refractivity contribution in [1.29, 1.82) is 0 Å². The second kappa shape index (κ2) is 8.75. The average molecular weight is 423 g/mol. The van der Waals surface area contributed by atoms with E-state index < -0.39 is 0 Å². The van der Waals surface area contributed by atoms with E-state index in [4.69, 9.17) is 18.9 Å². The molecule has 0 radical (unpaired) electrons. The minimum Gasteiger partial charge on any atom is -0.493 e. The fourth-order valence-corrected chi connectivity index (χ4v) is 5.09. The maximum atomic E-state index is 12.1. The Balaban J connectivity index is 1.74. The maximum Gasteiger partial charge on any atom is 0.161 e. The Morgan fingerprint density at radius 1 is 1.03 bits per heavy atom. The molecule has 0 amide bonds. The monoisotopic (exact) mass is 422 g/mol. The van der Waals surface area contributed by atoms with Crippen LogP contribution in [0.25, 0.3) is 5.57 Å². The van der Waals surface area contributed by atoms with Gasteiger partial charge in [0.2, 0.25) is 0 Å². The van der Waals surface area contributed by atoms with Gasteiger partial charge in [-0.05, 0) is 73.9 Å². The molecule has 2 saturated carbocycles. The van der Waals surface area contributed by atoms with Crippen molar-refractivity contribution in [3.05, 3.63) is 59.7 Å². The number of ether oxygens (including phenoxy) is 4. The smallest absolute Gasteiger partial charge is 0.161 e. The summed E-state index contributed by atoms with van der Waals surface area (Å²) < 4.78 is 23.4. The lowest BCUT2D eigenvalue weighted by Gasteiger charge is -2.34. The summed E-state index contributed by atoms with van der Waals surface area (Å²) in [4.78, 5) is 12.1. The molecule has 3 atom stereocenters. The predicted octanol–water partition coefficient (Wildman–Crippen LogP) is 5.06. The molecule has 164 valence electrons. The summed E-state index contributed by atoms with van der Waals surface area (Å²) in [6.07, 6.45) is 5.97. The first-order chi connectivity index (χ1) is 15.0. The highest BCUT2D eigenvalue weighted by molar-refractivity contribution is 6.00. The summed E-state index contributed by atoms with van der Waals surface area (Å²) in [7, 11) is 5.00. The number of fused-ring (bicyclic) bond motifs is 2. The van der Waals surface area contributed by atoms with Gasteiger partial charge in [-0.1, -0.05) is 24.3 Å². The summed E-state index contributed by atoms with van der Waals surface area (Å²) >= 11 is 0. The number of rotatable bonds is 8. The zero-order valence-electron chi connectivity index (χ0n) is 18.6. The maximum absolute atomic E-state index is 12.1. The van der Waals surface area contributed by atoms with Crippen LogP contribution in [0.3, 0.4) is 0 Å². The molecule has 0 aliphatic heterocycles. The normalized spacial score (nSPS) is 24.8. The fourth-order valence-electron chi connectivity index (χ4n) is 5.09. The van der Waals surface area contributed by atoms with E-state index in [0.717, 1.165) is 41.7 Å². The number of hydrogen-bond donors (Lipinski definition) is 0. The standard InChI is InChI=1S/C26H30O5/c1-17(27)13-21(19-9-10-23(28-2)24(15-19)29-3)20-7-5-6-8-22(20)31-25-14-18-11-12-26(25,16-18)30-4/h5-10,13,15,18,25H,11-12,14,16H2,1-4H3. The lowest BCUT2D eigenvalue weighted by Crippen LogP contribution is -2.42. The first-order valence-electron chi connectivity index (χ1n) is 10.8. The molecule has 2 fully saturated rings. The van der Waals surface area contributed by atoms with Gasteiger partial charge in [-0.2, -0.15) is 0 Å². The van der Waals surface area contributed by atoms with Crippen LogP contribution in [0.1, 0.15) is 43.7 Å².